The summed E-state index contributed by atoms with van der Waals surface area (Å²) in [5.74, 6) is -0.970. The van der Waals surface area contributed by atoms with E-state index in [1.54, 1.807) is 0 Å². The molecular weight excluding hydrogens is 326 g/mol. The van der Waals surface area contributed by atoms with E-state index in [2.05, 4.69) is 4.74 Å². The predicted octanol–water partition coefficient (Wildman–Crippen LogP) is 3.94. The molecule has 1 rings (SSSR count). The van der Waals surface area contributed by atoms with Crippen LogP contribution in [0.3, 0.4) is 0 Å². The van der Waals surface area contributed by atoms with Gasteiger partial charge in [0.25, 0.3) is 6.43 Å². The Hall–Kier alpha value is -1.50. The highest BCUT2D eigenvalue weighted by Crippen LogP contribution is 2.30. The van der Waals surface area contributed by atoms with E-state index in [1.807, 2.05) is 6.92 Å². The van der Waals surface area contributed by atoms with Gasteiger partial charge in [-0.15, -0.1) is 0 Å². The molecule has 0 bridgehead atoms. The summed E-state index contributed by atoms with van der Waals surface area (Å²) in [6.07, 6.45) is 2.11. The van der Waals surface area contributed by atoms with Crippen molar-refractivity contribution in [3.8, 4) is 0 Å². The van der Waals surface area contributed by atoms with Gasteiger partial charge in [0.05, 0.1) is 17.6 Å². The second-order valence-electron chi connectivity index (χ2n) is 5.42. The summed E-state index contributed by atoms with van der Waals surface area (Å²) in [4.78, 5) is 11.6. The van der Waals surface area contributed by atoms with Gasteiger partial charge in [-0.2, -0.15) is 0 Å². The van der Waals surface area contributed by atoms with Crippen molar-refractivity contribution in [2.75, 3.05) is 13.4 Å². The first-order valence-electron chi connectivity index (χ1n) is 7.45. The average Bonchev–Trinajstić information content (AvgIpc) is 2.49. The standard InChI is InChI=1S/C16H22F2O4S/c1-4-5-6-7-8-11-9-12(15(17)18)13(16(19)22-2)10-14(11)23(3,20)21/h9-10,15H,4-8H2,1-3H3. The minimum Gasteiger partial charge on any atom is -0.465 e. The highest BCUT2D eigenvalue weighted by molar-refractivity contribution is 7.90. The fourth-order valence-corrected chi connectivity index (χ4v) is 3.36. The molecular formula is C16H22F2O4S. The number of methoxy groups -OCH3 is 1. The largest absolute Gasteiger partial charge is 0.465 e. The maximum Gasteiger partial charge on any atom is 0.338 e. The number of hydrogen-bond donors (Lipinski definition) is 0. The van der Waals surface area contributed by atoms with Crippen molar-refractivity contribution >= 4 is 15.8 Å². The van der Waals surface area contributed by atoms with Gasteiger partial charge in [-0.25, -0.2) is 22.0 Å². The van der Waals surface area contributed by atoms with E-state index in [0.29, 0.717) is 18.4 Å². The number of halogens is 2. The summed E-state index contributed by atoms with van der Waals surface area (Å²) in [6, 6.07) is 2.14. The van der Waals surface area contributed by atoms with Crippen molar-refractivity contribution in [1.29, 1.82) is 0 Å². The zero-order valence-corrected chi connectivity index (χ0v) is 14.4. The van der Waals surface area contributed by atoms with E-state index < -0.39 is 33.4 Å². The van der Waals surface area contributed by atoms with Crippen LogP contribution in [0.25, 0.3) is 0 Å². The van der Waals surface area contributed by atoms with Gasteiger partial charge in [0.15, 0.2) is 9.84 Å². The number of ether oxygens (including phenoxy) is 1. The molecule has 0 unspecified atom stereocenters. The lowest BCUT2D eigenvalue weighted by molar-refractivity contribution is 0.0589. The number of alkyl halides is 2. The minimum atomic E-state index is -3.64. The first-order chi connectivity index (χ1) is 10.7. The maximum atomic E-state index is 13.2. The second-order valence-corrected chi connectivity index (χ2v) is 7.41. The van der Waals surface area contributed by atoms with Gasteiger partial charge in [-0.3, -0.25) is 0 Å². The molecule has 0 aliphatic carbocycles. The van der Waals surface area contributed by atoms with E-state index in [4.69, 9.17) is 0 Å². The minimum absolute atomic E-state index is 0.0844. The Morgan fingerprint density at radius 1 is 1.22 bits per heavy atom. The monoisotopic (exact) mass is 348 g/mol. The van der Waals surface area contributed by atoms with Gasteiger partial charge in [-0.05, 0) is 30.5 Å². The van der Waals surface area contributed by atoms with Crippen LogP contribution in [0.1, 0.15) is 60.5 Å². The lowest BCUT2D eigenvalue weighted by Gasteiger charge is -2.14. The van der Waals surface area contributed by atoms with Crippen LogP contribution >= 0.6 is 0 Å². The number of unbranched alkanes of at least 4 members (excludes halogenated alkanes) is 3. The second kappa shape index (κ2) is 8.38. The molecule has 0 aromatic heterocycles. The lowest BCUT2D eigenvalue weighted by Crippen LogP contribution is -2.12. The van der Waals surface area contributed by atoms with Gasteiger partial charge in [0.2, 0.25) is 0 Å². The van der Waals surface area contributed by atoms with Crippen molar-refractivity contribution in [3.05, 3.63) is 28.8 Å². The summed E-state index contributed by atoms with van der Waals surface area (Å²) in [6.45, 7) is 2.04. The molecule has 0 saturated heterocycles. The fraction of sp³-hybridized carbons (Fsp3) is 0.562. The molecule has 130 valence electrons. The van der Waals surface area contributed by atoms with E-state index >= 15 is 0 Å². The molecule has 0 saturated carbocycles. The molecule has 0 aliphatic rings. The number of aryl methyl sites for hydroxylation is 1. The molecule has 1 aromatic rings. The zero-order valence-electron chi connectivity index (χ0n) is 13.6. The SMILES string of the molecule is CCCCCCc1cc(C(F)F)c(C(=O)OC)cc1S(C)(=O)=O. The summed E-state index contributed by atoms with van der Waals surface area (Å²) in [7, 11) is -2.57. The summed E-state index contributed by atoms with van der Waals surface area (Å²) < 4.78 is 54.8. The number of benzene rings is 1. The summed E-state index contributed by atoms with van der Waals surface area (Å²) >= 11 is 0. The summed E-state index contributed by atoms with van der Waals surface area (Å²) in [5.41, 5.74) is -0.568. The molecule has 0 spiro atoms. The molecule has 0 N–H and O–H groups in total. The molecule has 0 amide bonds. The third kappa shape index (κ3) is 5.27. The molecule has 23 heavy (non-hydrogen) atoms. The van der Waals surface area contributed by atoms with Crippen LogP contribution in [0.5, 0.6) is 0 Å². The molecule has 7 heteroatoms. The lowest BCUT2D eigenvalue weighted by atomic mass is 10.00. The summed E-state index contributed by atoms with van der Waals surface area (Å²) in [5, 5.41) is 0. The number of hydrogen-bond acceptors (Lipinski definition) is 4. The van der Waals surface area contributed by atoms with Gasteiger partial charge in [0, 0.05) is 11.8 Å². The Morgan fingerprint density at radius 3 is 2.35 bits per heavy atom. The van der Waals surface area contributed by atoms with Crippen molar-refractivity contribution in [1.82, 2.24) is 0 Å². The van der Waals surface area contributed by atoms with Crippen LogP contribution in [-0.2, 0) is 21.0 Å². The zero-order chi connectivity index (χ0) is 17.6. The van der Waals surface area contributed by atoms with Crippen LogP contribution in [0.15, 0.2) is 17.0 Å². The van der Waals surface area contributed by atoms with Crippen molar-refractivity contribution in [2.45, 2.75) is 50.3 Å². The molecule has 0 aliphatic heterocycles. The van der Waals surface area contributed by atoms with Crippen molar-refractivity contribution in [3.63, 3.8) is 0 Å². The highest BCUT2D eigenvalue weighted by Gasteiger charge is 2.25. The van der Waals surface area contributed by atoms with Gasteiger partial charge in [-0.1, -0.05) is 26.2 Å². The number of esters is 1. The van der Waals surface area contributed by atoms with E-state index in [9.17, 15) is 22.0 Å². The number of sulfone groups is 1. The van der Waals surface area contributed by atoms with E-state index in [1.165, 1.54) is 0 Å². The molecule has 4 nitrogen and oxygen atoms in total. The maximum absolute atomic E-state index is 13.2. The van der Waals surface area contributed by atoms with E-state index in [0.717, 1.165) is 44.8 Å². The van der Waals surface area contributed by atoms with Crippen molar-refractivity contribution in [2.24, 2.45) is 0 Å². The quantitative estimate of drug-likeness (QED) is 0.527. The fourth-order valence-electron chi connectivity index (χ4n) is 2.39. The topological polar surface area (TPSA) is 60.4 Å². The Bertz CT molecular complexity index is 654. The average molecular weight is 348 g/mol. The van der Waals surface area contributed by atoms with Crippen LogP contribution < -0.4 is 0 Å². The number of carbonyl (C=O) groups excluding carboxylic acids is 1. The molecule has 1 aromatic carbocycles. The Balaban J connectivity index is 3.36. The first-order valence-corrected chi connectivity index (χ1v) is 9.34. The van der Waals surface area contributed by atoms with Crippen LogP contribution in [0, 0.1) is 0 Å². The molecule has 0 atom stereocenters. The van der Waals surface area contributed by atoms with Crippen LogP contribution in [-0.4, -0.2) is 27.8 Å². The van der Waals surface area contributed by atoms with Gasteiger partial charge < -0.3 is 4.74 Å². The third-order valence-corrected chi connectivity index (χ3v) is 4.75. The Morgan fingerprint density at radius 2 is 1.87 bits per heavy atom. The van der Waals surface area contributed by atoms with Crippen molar-refractivity contribution < 1.29 is 26.7 Å². The number of carbonyl (C=O) groups is 1. The molecule has 0 heterocycles. The smallest absolute Gasteiger partial charge is 0.338 e. The van der Waals surface area contributed by atoms with Gasteiger partial charge in [0.1, 0.15) is 0 Å². The van der Waals surface area contributed by atoms with E-state index in [-0.39, 0.29) is 4.90 Å². The predicted molar refractivity (Wildman–Crippen MR) is 83.7 cm³/mol. The normalized spacial score (nSPS) is 11.7. The van der Waals surface area contributed by atoms with Crippen LogP contribution in [0.4, 0.5) is 8.78 Å². The Kier molecular flexibility index (Phi) is 7.12. The molecule has 0 radical (unpaired) electrons. The highest BCUT2D eigenvalue weighted by atomic mass is 32.2. The third-order valence-electron chi connectivity index (χ3n) is 3.57. The Labute approximate surface area is 135 Å². The molecule has 0 fully saturated rings. The van der Waals surface area contributed by atoms with Gasteiger partial charge >= 0.3 is 5.97 Å². The first kappa shape index (κ1) is 19.5. The number of rotatable bonds is 8. The van der Waals surface area contributed by atoms with Crippen LogP contribution in [0.2, 0.25) is 0 Å².